The van der Waals surface area contributed by atoms with E-state index in [0.29, 0.717) is 30.8 Å². The molecule has 37 heavy (non-hydrogen) atoms. The Balaban J connectivity index is 1.35. The summed E-state index contributed by atoms with van der Waals surface area (Å²) in [4.78, 5) is 37.3. The summed E-state index contributed by atoms with van der Waals surface area (Å²) in [5.41, 5.74) is 1.25. The van der Waals surface area contributed by atoms with E-state index < -0.39 is 28.1 Å². The van der Waals surface area contributed by atoms with Gasteiger partial charge in [0.2, 0.25) is 11.8 Å². The largest absolute Gasteiger partial charge is 0.326 e. The summed E-state index contributed by atoms with van der Waals surface area (Å²) in [7, 11) is 0. The summed E-state index contributed by atoms with van der Waals surface area (Å²) in [6, 6.07) is 9.13. The van der Waals surface area contributed by atoms with Crippen LogP contribution in [0.5, 0.6) is 0 Å². The van der Waals surface area contributed by atoms with Crippen LogP contribution in [-0.4, -0.2) is 38.8 Å². The Hall–Kier alpha value is -3.72. The molecular formula is C28H27F2N5O2. The van der Waals surface area contributed by atoms with Gasteiger partial charge in [0.15, 0.2) is 0 Å². The van der Waals surface area contributed by atoms with Crippen molar-refractivity contribution < 1.29 is 18.4 Å². The molecule has 2 aliphatic heterocycles. The zero-order valence-corrected chi connectivity index (χ0v) is 20.9. The zero-order chi connectivity index (χ0) is 26.2. The van der Waals surface area contributed by atoms with Gasteiger partial charge < -0.3 is 15.5 Å². The van der Waals surface area contributed by atoms with Crippen molar-refractivity contribution in [2.24, 2.45) is 0 Å². The summed E-state index contributed by atoms with van der Waals surface area (Å²) in [6.45, 7) is 5.92. The molecule has 6 rings (SSSR count). The first-order valence-electron chi connectivity index (χ1n) is 12.3. The van der Waals surface area contributed by atoms with Crippen molar-refractivity contribution >= 4 is 17.6 Å². The molecule has 7 nitrogen and oxygen atoms in total. The number of halogens is 2. The van der Waals surface area contributed by atoms with Gasteiger partial charge in [-0.15, -0.1) is 0 Å². The number of carbonyl (C=O) groups is 2. The lowest BCUT2D eigenvalue weighted by atomic mass is 9.80. The van der Waals surface area contributed by atoms with Crippen molar-refractivity contribution in [2.45, 2.75) is 56.7 Å². The summed E-state index contributed by atoms with van der Waals surface area (Å²) in [5, 5.41) is 6.14. The van der Waals surface area contributed by atoms with Crippen LogP contribution in [-0.2, 0) is 39.9 Å². The van der Waals surface area contributed by atoms with Gasteiger partial charge in [0, 0.05) is 49.2 Å². The SMILES string of the molecule is CC1(C)NC[C@@](C)(c2cc(F)cc(F)c2)N(Cc2cnc3c(c2)C[C@@]2(C3)C(=O)Nc3ncccc32)C1=O. The van der Waals surface area contributed by atoms with Gasteiger partial charge in [-0.25, -0.2) is 13.8 Å². The van der Waals surface area contributed by atoms with Crippen molar-refractivity contribution in [1.82, 2.24) is 20.2 Å². The van der Waals surface area contributed by atoms with Crippen LogP contribution in [0, 0.1) is 11.6 Å². The van der Waals surface area contributed by atoms with Crippen molar-refractivity contribution in [3.05, 3.63) is 88.4 Å². The highest BCUT2D eigenvalue weighted by Gasteiger charge is 2.52. The topological polar surface area (TPSA) is 87.2 Å². The lowest BCUT2D eigenvalue weighted by Crippen LogP contribution is -2.68. The Labute approximate surface area is 213 Å². The van der Waals surface area contributed by atoms with E-state index in [0.717, 1.165) is 28.5 Å². The van der Waals surface area contributed by atoms with Crippen LogP contribution in [0.1, 0.15) is 48.7 Å². The Morgan fingerprint density at radius 2 is 1.78 bits per heavy atom. The summed E-state index contributed by atoms with van der Waals surface area (Å²) in [5.74, 6) is -1.06. The first-order valence-corrected chi connectivity index (χ1v) is 12.3. The van der Waals surface area contributed by atoms with Crippen molar-refractivity contribution in [1.29, 1.82) is 0 Å². The van der Waals surface area contributed by atoms with E-state index in [1.807, 2.05) is 25.1 Å². The summed E-state index contributed by atoms with van der Waals surface area (Å²) >= 11 is 0. The van der Waals surface area contributed by atoms with E-state index in [9.17, 15) is 18.4 Å². The number of rotatable bonds is 3. The number of hydrogen-bond acceptors (Lipinski definition) is 5. The third-order valence-electron chi connectivity index (χ3n) is 8.14. The van der Waals surface area contributed by atoms with Gasteiger partial charge in [0.05, 0.1) is 16.5 Å². The molecule has 0 unspecified atom stereocenters. The van der Waals surface area contributed by atoms with E-state index in [4.69, 9.17) is 0 Å². The van der Waals surface area contributed by atoms with Crippen molar-refractivity contribution in [2.75, 3.05) is 11.9 Å². The second-order valence-electron chi connectivity index (χ2n) is 11.0. The Morgan fingerprint density at radius 1 is 1.03 bits per heavy atom. The molecule has 1 aromatic carbocycles. The fraction of sp³-hybridized carbons (Fsp3) is 0.357. The lowest BCUT2D eigenvalue weighted by Gasteiger charge is -2.51. The van der Waals surface area contributed by atoms with Crippen LogP contribution in [0.25, 0.3) is 0 Å². The number of pyridine rings is 2. The van der Waals surface area contributed by atoms with E-state index in [-0.39, 0.29) is 18.4 Å². The number of hydrogen-bond donors (Lipinski definition) is 2. The number of aromatic nitrogens is 2. The highest BCUT2D eigenvalue weighted by atomic mass is 19.1. The fourth-order valence-electron chi connectivity index (χ4n) is 5.93. The third-order valence-corrected chi connectivity index (χ3v) is 8.14. The molecule has 0 saturated carbocycles. The third kappa shape index (κ3) is 3.55. The molecule has 0 radical (unpaired) electrons. The molecular weight excluding hydrogens is 476 g/mol. The molecule has 2 amide bonds. The second-order valence-corrected chi connectivity index (χ2v) is 11.0. The molecule has 2 aromatic heterocycles. The second kappa shape index (κ2) is 7.89. The highest BCUT2D eigenvalue weighted by Crippen LogP contribution is 2.46. The monoisotopic (exact) mass is 503 g/mol. The van der Waals surface area contributed by atoms with E-state index in [1.54, 1.807) is 31.1 Å². The van der Waals surface area contributed by atoms with E-state index >= 15 is 0 Å². The Morgan fingerprint density at radius 3 is 2.54 bits per heavy atom. The molecule has 0 bridgehead atoms. The molecule has 9 heteroatoms. The first-order chi connectivity index (χ1) is 17.5. The average molecular weight is 504 g/mol. The minimum Gasteiger partial charge on any atom is -0.326 e. The number of anilines is 1. The maximum atomic E-state index is 14.2. The zero-order valence-electron chi connectivity index (χ0n) is 20.9. The normalized spacial score (nSPS) is 25.8. The highest BCUT2D eigenvalue weighted by molar-refractivity contribution is 6.06. The molecule has 3 aliphatic rings. The maximum absolute atomic E-state index is 14.2. The molecule has 190 valence electrons. The Bertz CT molecular complexity index is 1450. The molecule has 2 atom stereocenters. The van der Waals surface area contributed by atoms with E-state index in [2.05, 4.69) is 20.6 Å². The van der Waals surface area contributed by atoms with Gasteiger partial charge in [-0.05, 0) is 62.1 Å². The number of carbonyl (C=O) groups excluding carboxylic acids is 2. The molecule has 4 heterocycles. The van der Waals surface area contributed by atoms with Gasteiger partial charge in [-0.2, -0.15) is 0 Å². The Kier molecular flexibility index (Phi) is 5.04. The predicted octanol–water partition coefficient (Wildman–Crippen LogP) is 3.37. The minimum atomic E-state index is -0.994. The smallest absolute Gasteiger partial charge is 0.243 e. The van der Waals surface area contributed by atoms with Crippen LogP contribution >= 0.6 is 0 Å². The van der Waals surface area contributed by atoms with Gasteiger partial charge in [-0.1, -0.05) is 12.1 Å². The van der Waals surface area contributed by atoms with Crippen LogP contribution < -0.4 is 10.6 Å². The van der Waals surface area contributed by atoms with Crippen LogP contribution in [0.2, 0.25) is 0 Å². The van der Waals surface area contributed by atoms with Gasteiger partial charge in [-0.3, -0.25) is 14.6 Å². The first kappa shape index (κ1) is 23.7. The van der Waals surface area contributed by atoms with Gasteiger partial charge >= 0.3 is 0 Å². The number of nitrogens with one attached hydrogen (secondary N) is 2. The predicted molar refractivity (Wildman–Crippen MR) is 133 cm³/mol. The van der Waals surface area contributed by atoms with Crippen LogP contribution in [0.4, 0.5) is 14.6 Å². The molecule has 1 saturated heterocycles. The van der Waals surface area contributed by atoms with Crippen LogP contribution in [0.15, 0.2) is 48.8 Å². The van der Waals surface area contributed by atoms with Gasteiger partial charge in [0.1, 0.15) is 17.5 Å². The van der Waals surface area contributed by atoms with Crippen molar-refractivity contribution in [3.8, 4) is 0 Å². The van der Waals surface area contributed by atoms with Crippen LogP contribution in [0.3, 0.4) is 0 Å². The quantitative estimate of drug-likeness (QED) is 0.573. The molecule has 3 aromatic rings. The lowest BCUT2D eigenvalue weighted by molar-refractivity contribution is -0.150. The molecule has 2 N–H and O–H groups in total. The number of amides is 2. The van der Waals surface area contributed by atoms with Crippen molar-refractivity contribution in [3.63, 3.8) is 0 Å². The standard InChI is InChI=1S/C28H27F2N5O2/c1-26(2)25(37)35(27(3,15-33-26)18-8-19(29)10-20(30)9-18)14-16-7-17-11-28(12-22(17)32-13-16)21-5-4-6-31-23(21)34-24(28)36/h4-10,13,33H,11-12,14-15H2,1-3H3,(H,31,34,36)/t27-,28-/m0/s1. The van der Waals surface area contributed by atoms with Gasteiger partial charge in [0.25, 0.3) is 0 Å². The fourth-order valence-corrected chi connectivity index (χ4v) is 5.93. The number of fused-ring (bicyclic) bond motifs is 3. The average Bonchev–Trinajstić information content (AvgIpc) is 3.36. The number of benzene rings is 1. The molecule has 1 spiro atoms. The number of piperazine rings is 1. The molecule has 1 fully saturated rings. The maximum Gasteiger partial charge on any atom is 0.243 e. The number of nitrogens with zero attached hydrogens (tertiary/aromatic N) is 3. The summed E-state index contributed by atoms with van der Waals surface area (Å²) < 4.78 is 28.4. The van der Waals surface area contributed by atoms with E-state index in [1.165, 1.54) is 12.1 Å². The molecule has 1 aliphatic carbocycles. The minimum absolute atomic E-state index is 0.0829. The summed E-state index contributed by atoms with van der Waals surface area (Å²) in [6.07, 6.45) is 4.35.